The molecule has 122 valence electrons. The summed E-state index contributed by atoms with van der Waals surface area (Å²) >= 11 is 6.27. The Morgan fingerprint density at radius 3 is 2.43 bits per heavy atom. The molecule has 2 rings (SSSR count). The summed E-state index contributed by atoms with van der Waals surface area (Å²) in [6.45, 7) is 7.00. The molecule has 0 aliphatic carbocycles. The van der Waals surface area contributed by atoms with Crippen molar-refractivity contribution in [1.82, 2.24) is 0 Å². The van der Waals surface area contributed by atoms with Crippen LogP contribution in [0.25, 0.3) is 0 Å². The summed E-state index contributed by atoms with van der Waals surface area (Å²) in [4.78, 5) is 11.1. The van der Waals surface area contributed by atoms with Crippen LogP contribution in [0.1, 0.15) is 36.2 Å². The molecule has 2 nitrogen and oxygen atoms in total. The van der Waals surface area contributed by atoms with Crippen LogP contribution in [-0.2, 0) is 4.52 Å². The largest absolute Gasteiger partial charge is 0.350 e. The monoisotopic (exact) mass is 348 g/mol. The lowest BCUT2D eigenvalue weighted by Gasteiger charge is -2.20. The molecule has 0 saturated heterocycles. The number of hydrogen-bond acceptors (Lipinski definition) is 2. The van der Waals surface area contributed by atoms with Crippen LogP contribution in [0.2, 0.25) is 5.02 Å². The standard InChI is InChI=1S/C19H22ClO2P/c1-14(2)9-10-22-23(16-7-5-4-6-8-16)17-11-15(3)18(13-21)19(20)12-17/h4-8,11-14H,9-10H2,1-3H3. The normalized spacial score (nSPS) is 12.4. The highest BCUT2D eigenvalue weighted by Gasteiger charge is 2.18. The second-order valence-corrected chi connectivity index (χ2v) is 8.21. The quantitative estimate of drug-likeness (QED) is 0.527. The van der Waals surface area contributed by atoms with E-state index in [4.69, 9.17) is 16.1 Å². The van der Waals surface area contributed by atoms with Crippen molar-refractivity contribution in [2.45, 2.75) is 27.2 Å². The van der Waals surface area contributed by atoms with E-state index in [1.807, 2.05) is 37.3 Å². The third kappa shape index (κ3) is 4.88. The lowest BCUT2D eigenvalue weighted by atomic mass is 10.1. The predicted octanol–water partition coefficient (Wildman–Crippen LogP) is 4.87. The first-order valence-electron chi connectivity index (χ1n) is 7.76. The second-order valence-electron chi connectivity index (χ2n) is 5.92. The van der Waals surface area contributed by atoms with Gasteiger partial charge in [0.2, 0.25) is 0 Å². The Morgan fingerprint density at radius 1 is 1.17 bits per heavy atom. The molecule has 0 aliphatic heterocycles. The van der Waals surface area contributed by atoms with Crippen LogP contribution in [0.5, 0.6) is 0 Å². The Balaban J connectivity index is 2.35. The van der Waals surface area contributed by atoms with Crippen LogP contribution < -0.4 is 10.6 Å². The predicted molar refractivity (Wildman–Crippen MR) is 99.6 cm³/mol. The maximum Gasteiger partial charge on any atom is 0.151 e. The molecule has 1 unspecified atom stereocenters. The average molecular weight is 349 g/mol. The van der Waals surface area contributed by atoms with E-state index in [-0.39, 0.29) is 0 Å². The molecule has 2 aromatic rings. The Bertz CT molecular complexity index is 633. The van der Waals surface area contributed by atoms with Crippen LogP contribution in [0.3, 0.4) is 0 Å². The third-order valence-electron chi connectivity index (χ3n) is 3.58. The number of aryl methyl sites for hydroxylation is 1. The van der Waals surface area contributed by atoms with Gasteiger partial charge in [-0.1, -0.05) is 55.8 Å². The van der Waals surface area contributed by atoms with Crippen molar-refractivity contribution in [3.63, 3.8) is 0 Å². The Kier molecular flexibility index (Phi) is 6.77. The molecule has 0 fully saturated rings. The summed E-state index contributed by atoms with van der Waals surface area (Å²) in [7, 11) is -0.932. The van der Waals surface area contributed by atoms with E-state index in [1.54, 1.807) is 0 Å². The van der Waals surface area contributed by atoms with E-state index in [0.717, 1.165) is 28.9 Å². The van der Waals surface area contributed by atoms with Gasteiger partial charge in [-0.05, 0) is 37.0 Å². The number of carbonyl (C=O) groups is 1. The van der Waals surface area contributed by atoms with Crippen LogP contribution in [0, 0.1) is 12.8 Å². The lowest BCUT2D eigenvalue weighted by Crippen LogP contribution is -2.16. The number of carbonyl (C=O) groups excluding carboxylic acids is 1. The van der Waals surface area contributed by atoms with Crippen molar-refractivity contribution < 1.29 is 9.32 Å². The highest BCUT2D eigenvalue weighted by Crippen LogP contribution is 2.37. The van der Waals surface area contributed by atoms with Crippen molar-refractivity contribution in [3.05, 3.63) is 58.6 Å². The first kappa shape index (κ1) is 18.1. The summed E-state index contributed by atoms with van der Waals surface area (Å²) in [5.41, 5.74) is 1.44. The molecule has 0 N–H and O–H groups in total. The number of hydrogen-bond donors (Lipinski definition) is 0. The molecule has 0 aromatic heterocycles. The fourth-order valence-electron chi connectivity index (χ4n) is 2.24. The molecular weight excluding hydrogens is 327 g/mol. The summed E-state index contributed by atoms with van der Waals surface area (Å²) in [5, 5.41) is 2.69. The Labute approximate surface area is 144 Å². The molecule has 0 radical (unpaired) electrons. The van der Waals surface area contributed by atoms with Crippen molar-refractivity contribution in [2.75, 3.05) is 6.61 Å². The van der Waals surface area contributed by atoms with Gasteiger partial charge in [0.1, 0.15) is 0 Å². The van der Waals surface area contributed by atoms with Gasteiger partial charge in [-0.3, -0.25) is 4.79 Å². The van der Waals surface area contributed by atoms with Crippen molar-refractivity contribution in [1.29, 1.82) is 0 Å². The van der Waals surface area contributed by atoms with Crippen LogP contribution in [0.15, 0.2) is 42.5 Å². The number of benzene rings is 2. The number of aldehydes is 1. The Hall–Kier alpha value is -1.21. The maximum absolute atomic E-state index is 11.1. The zero-order valence-corrected chi connectivity index (χ0v) is 15.4. The van der Waals surface area contributed by atoms with E-state index in [2.05, 4.69) is 26.0 Å². The van der Waals surface area contributed by atoms with Gasteiger partial charge in [0.25, 0.3) is 0 Å². The summed E-state index contributed by atoms with van der Waals surface area (Å²) in [5.74, 6) is 0.602. The topological polar surface area (TPSA) is 26.3 Å². The molecular formula is C19H22ClO2P. The third-order valence-corrected chi connectivity index (χ3v) is 5.83. The molecule has 0 saturated carbocycles. The smallest absolute Gasteiger partial charge is 0.151 e. The zero-order chi connectivity index (χ0) is 16.8. The lowest BCUT2D eigenvalue weighted by molar-refractivity contribution is 0.112. The molecule has 0 spiro atoms. The van der Waals surface area contributed by atoms with Gasteiger partial charge >= 0.3 is 0 Å². The fourth-order valence-corrected chi connectivity index (χ4v) is 4.52. The maximum atomic E-state index is 11.1. The second kappa shape index (κ2) is 8.59. The molecule has 0 bridgehead atoms. The molecule has 0 aliphatic rings. The minimum Gasteiger partial charge on any atom is -0.350 e. The summed E-state index contributed by atoms with van der Waals surface area (Å²) in [6, 6.07) is 14.1. The van der Waals surface area contributed by atoms with Crippen molar-refractivity contribution in [3.8, 4) is 0 Å². The fraction of sp³-hybridized carbons (Fsp3) is 0.316. The number of halogens is 1. The van der Waals surface area contributed by atoms with Gasteiger partial charge in [0, 0.05) is 16.2 Å². The average Bonchev–Trinajstić information content (AvgIpc) is 2.52. The molecule has 23 heavy (non-hydrogen) atoms. The highest BCUT2D eigenvalue weighted by molar-refractivity contribution is 7.68. The summed E-state index contributed by atoms with van der Waals surface area (Å²) < 4.78 is 6.23. The minimum atomic E-state index is -0.932. The van der Waals surface area contributed by atoms with Gasteiger partial charge in [0.05, 0.1) is 19.8 Å². The first-order chi connectivity index (χ1) is 11.0. The number of rotatable bonds is 7. The van der Waals surface area contributed by atoms with E-state index in [1.165, 1.54) is 0 Å². The van der Waals surface area contributed by atoms with Gasteiger partial charge in [0.15, 0.2) is 6.29 Å². The highest BCUT2D eigenvalue weighted by atomic mass is 35.5. The van der Waals surface area contributed by atoms with Crippen LogP contribution in [-0.4, -0.2) is 12.9 Å². The van der Waals surface area contributed by atoms with E-state index < -0.39 is 8.15 Å². The van der Waals surface area contributed by atoms with Gasteiger partial charge in [-0.15, -0.1) is 0 Å². The van der Waals surface area contributed by atoms with Gasteiger partial charge in [-0.25, -0.2) is 0 Å². The summed E-state index contributed by atoms with van der Waals surface area (Å²) in [6.07, 6.45) is 1.83. The Morgan fingerprint density at radius 2 is 1.87 bits per heavy atom. The molecule has 0 amide bonds. The first-order valence-corrected chi connectivity index (χ1v) is 9.40. The molecule has 4 heteroatoms. The van der Waals surface area contributed by atoms with Gasteiger partial charge < -0.3 is 4.52 Å². The van der Waals surface area contributed by atoms with E-state index in [9.17, 15) is 4.79 Å². The van der Waals surface area contributed by atoms with Crippen molar-refractivity contribution in [2.24, 2.45) is 5.92 Å². The van der Waals surface area contributed by atoms with Crippen molar-refractivity contribution >= 4 is 36.6 Å². The molecule has 1 atom stereocenters. The minimum absolute atomic E-state index is 0.492. The SMILES string of the molecule is Cc1cc(P(OCCC(C)C)c2ccccc2)cc(Cl)c1C=O. The van der Waals surface area contributed by atoms with Gasteiger partial charge in [-0.2, -0.15) is 0 Å². The van der Waals surface area contributed by atoms with E-state index >= 15 is 0 Å². The van der Waals surface area contributed by atoms with Crippen LogP contribution >= 0.6 is 19.7 Å². The molecule has 0 heterocycles. The van der Waals surface area contributed by atoms with Crippen LogP contribution in [0.4, 0.5) is 0 Å². The molecule has 2 aromatic carbocycles. The zero-order valence-electron chi connectivity index (χ0n) is 13.8. The van der Waals surface area contributed by atoms with E-state index in [0.29, 0.717) is 23.1 Å².